The van der Waals surface area contributed by atoms with E-state index in [0.29, 0.717) is 26.1 Å². The van der Waals surface area contributed by atoms with Crippen LogP contribution >= 0.6 is 0 Å². The van der Waals surface area contributed by atoms with E-state index >= 15 is 0 Å². The first kappa shape index (κ1) is 20.9. The minimum atomic E-state index is -0.282. The minimum absolute atomic E-state index is 0.0480. The molecule has 7 heteroatoms. The molecule has 2 aromatic rings. The molecular weight excluding hydrogens is 406 g/mol. The number of hydrogen-bond acceptors (Lipinski definition) is 4. The number of fused-ring (bicyclic) bond motifs is 3. The summed E-state index contributed by atoms with van der Waals surface area (Å²) < 4.78 is 7.51. The van der Waals surface area contributed by atoms with Crippen molar-refractivity contribution in [3.8, 4) is 0 Å². The molecule has 2 saturated heterocycles. The second kappa shape index (κ2) is 8.20. The van der Waals surface area contributed by atoms with Crippen molar-refractivity contribution in [2.75, 3.05) is 20.6 Å². The molecule has 0 unspecified atom stereocenters. The maximum absolute atomic E-state index is 13.3. The fourth-order valence-electron chi connectivity index (χ4n) is 5.37. The number of pyridine rings is 1. The molecule has 7 nitrogen and oxygen atoms in total. The first-order valence-electron chi connectivity index (χ1n) is 11.4. The summed E-state index contributed by atoms with van der Waals surface area (Å²) in [5.41, 5.74) is 2.62. The number of amides is 2. The molecule has 2 bridgehead atoms. The van der Waals surface area contributed by atoms with Gasteiger partial charge >= 0.3 is 0 Å². The van der Waals surface area contributed by atoms with Crippen molar-refractivity contribution in [3.63, 3.8) is 0 Å². The Morgan fingerprint density at radius 2 is 1.94 bits per heavy atom. The van der Waals surface area contributed by atoms with Gasteiger partial charge in [0.2, 0.25) is 5.91 Å². The summed E-state index contributed by atoms with van der Waals surface area (Å²) >= 11 is 0. The smallest absolute Gasteiger partial charge is 0.264 e. The van der Waals surface area contributed by atoms with Gasteiger partial charge in [-0.1, -0.05) is 30.3 Å². The summed E-state index contributed by atoms with van der Waals surface area (Å²) in [5, 5.41) is 0. The highest BCUT2D eigenvalue weighted by molar-refractivity contribution is 5.95. The number of ether oxygens (including phenoxy) is 1. The number of hydrogen-bond donors (Lipinski definition) is 0. The SMILES string of the molecule is CN(C)C(=O)c1c2c(cn(Cc3ccccc3)c1=O)CN(C(=O)[C@@H]1C[C@@H]3CC[C@H]1O3)CC2. The quantitative estimate of drug-likeness (QED) is 0.737. The number of benzene rings is 1. The topological polar surface area (TPSA) is 71.9 Å². The summed E-state index contributed by atoms with van der Waals surface area (Å²) in [6.07, 6.45) is 5.46. The molecule has 0 spiro atoms. The molecule has 3 aliphatic rings. The normalized spacial score (nSPS) is 23.8. The molecule has 5 rings (SSSR count). The van der Waals surface area contributed by atoms with Gasteiger partial charge in [-0.05, 0) is 42.4 Å². The molecular formula is C25H29N3O4. The molecule has 2 amide bonds. The highest BCUT2D eigenvalue weighted by atomic mass is 16.5. The highest BCUT2D eigenvalue weighted by Crippen LogP contribution is 2.40. The molecule has 0 saturated carbocycles. The van der Waals surface area contributed by atoms with E-state index in [9.17, 15) is 14.4 Å². The molecule has 1 aromatic carbocycles. The van der Waals surface area contributed by atoms with Gasteiger partial charge in [-0.25, -0.2) is 0 Å². The summed E-state index contributed by atoms with van der Waals surface area (Å²) in [7, 11) is 3.33. The van der Waals surface area contributed by atoms with E-state index in [4.69, 9.17) is 4.74 Å². The van der Waals surface area contributed by atoms with Crippen molar-refractivity contribution in [2.24, 2.45) is 5.92 Å². The van der Waals surface area contributed by atoms with Gasteiger partial charge in [0.15, 0.2) is 0 Å². The van der Waals surface area contributed by atoms with Crippen molar-refractivity contribution in [1.29, 1.82) is 0 Å². The lowest BCUT2D eigenvalue weighted by atomic mass is 9.87. The molecule has 0 N–H and O–H groups in total. The van der Waals surface area contributed by atoms with Crippen molar-refractivity contribution < 1.29 is 14.3 Å². The van der Waals surface area contributed by atoms with Crippen molar-refractivity contribution in [3.05, 3.63) is 69.1 Å². The maximum Gasteiger partial charge on any atom is 0.264 e. The van der Waals surface area contributed by atoms with Gasteiger partial charge < -0.3 is 19.1 Å². The first-order chi connectivity index (χ1) is 15.4. The average molecular weight is 436 g/mol. The zero-order valence-electron chi connectivity index (χ0n) is 18.6. The van der Waals surface area contributed by atoms with Gasteiger partial charge in [-0.15, -0.1) is 0 Å². The molecule has 4 heterocycles. The predicted molar refractivity (Wildman–Crippen MR) is 119 cm³/mol. The van der Waals surface area contributed by atoms with Gasteiger partial charge in [0.05, 0.1) is 24.7 Å². The Kier molecular flexibility index (Phi) is 5.37. The van der Waals surface area contributed by atoms with Gasteiger partial charge in [-0.2, -0.15) is 0 Å². The largest absolute Gasteiger partial charge is 0.374 e. The molecule has 32 heavy (non-hydrogen) atoms. The molecule has 3 aliphatic heterocycles. The summed E-state index contributed by atoms with van der Waals surface area (Å²) in [6.45, 7) is 1.33. The van der Waals surface area contributed by atoms with Crippen LogP contribution in [0.5, 0.6) is 0 Å². The summed E-state index contributed by atoms with van der Waals surface area (Å²) in [5.74, 6) is -0.201. The van der Waals surface area contributed by atoms with Crippen LogP contribution in [0.15, 0.2) is 41.3 Å². The predicted octanol–water partition coefficient (Wildman–Crippen LogP) is 2.05. The van der Waals surface area contributed by atoms with Crippen LogP contribution in [0, 0.1) is 5.92 Å². The van der Waals surface area contributed by atoms with Gasteiger partial charge in [0, 0.05) is 33.4 Å². The lowest BCUT2D eigenvalue weighted by Crippen LogP contribution is -2.44. The van der Waals surface area contributed by atoms with Crippen molar-refractivity contribution in [2.45, 2.75) is 51.0 Å². The van der Waals surface area contributed by atoms with E-state index in [1.165, 1.54) is 4.90 Å². The zero-order chi connectivity index (χ0) is 22.4. The Labute approximate surface area is 187 Å². The number of nitrogens with zero attached hydrogens (tertiary/aromatic N) is 3. The molecule has 0 aliphatic carbocycles. The average Bonchev–Trinajstić information content (AvgIpc) is 3.43. The lowest BCUT2D eigenvalue weighted by molar-refractivity contribution is -0.138. The zero-order valence-corrected chi connectivity index (χ0v) is 18.6. The van der Waals surface area contributed by atoms with Crippen LogP contribution in [0.25, 0.3) is 0 Å². The number of carbonyl (C=O) groups is 2. The van der Waals surface area contributed by atoms with E-state index in [0.717, 1.165) is 36.0 Å². The van der Waals surface area contributed by atoms with Crippen molar-refractivity contribution in [1.82, 2.24) is 14.4 Å². The van der Waals surface area contributed by atoms with Crippen LogP contribution < -0.4 is 5.56 Å². The van der Waals surface area contributed by atoms with Crippen LogP contribution in [0.1, 0.15) is 46.3 Å². The van der Waals surface area contributed by atoms with Crippen LogP contribution in [0.3, 0.4) is 0 Å². The van der Waals surface area contributed by atoms with E-state index in [1.807, 2.05) is 41.4 Å². The standard InChI is InChI=1S/C25H29N3O4/c1-26(2)24(30)22-19-10-11-27(23(29)20-12-18-8-9-21(20)32-18)14-17(19)15-28(25(22)31)13-16-6-4-3-5-7-16/h3-7,15,18,20-21H,8-14H2,1-2H3/t18-,20+,21+/m0/s1. The summed E-state index contributed by atoms with van der Waals surface area (Å²) in [4.78, 5) is 42.9. The summed E-state index contributed by atoms with van der Waals surface area (Å²) in [6, 6.07) is 9.72. The Morgan fingerprint density at radius 1 is 1.16 bits per heavy atom. The van der Waals surface area contributed by atoms with E-state index in [-0.39, 0.29) is 41.1 Å². The molecule has 0 radical (unpaired) electrons. The maximum atomic E-state index is 13.3. The minimum Gasteiger partial charge on any atom is -0.374 e. The lowest BCUT2D eigenvalue weighted by Gasteiger charge is -2.33. The van der Waals surface area contributed by atoms with Gasteiger partial charge in [0.1, 0.15) is 5.56 Å². The second-order valence-electron chi connectivity index (χ2n) is 9.35. The fraction of sp³-hybridized carbons (Fsp3) is 0.480. The second-order valence-corrected chi connectivity index (χ2v) is 9.35. The van der Waals surface area contributed by atoms with Crippen LogP contribution in [-0.2, 0) is 29.0 Å². The third-order valence-electron chi connectivity index (χ3n) is 7.02. The van der Waals surface area contributed by atoms with E-state index in [2.05, 4.69) is 0 Å². The van der Waals surface area contributed by atoms with E-state index < -0.39 is 0 Å². The fourth-order valence-corrected chi connectivity index (χ4v) is 5.37. The number of aromatic nitrogens is 1. The third-order valence-corrected chi connectivity index (χ3v) is 7.02. The number of carbonyl (C=O) groups excluding carboxylic acids is 2. The molecule has 168 valence electrons. The Balaban J connectivity index is 1.49. The monoisotopic (exact) mass is 435 g/mol. The Morgan fingerprint density at radius 3 is 2.59 bits per heavy atom. The van der Waals surface area contributed by atoms with Crippen LogP contribution in [0.2, 0.25) is 0 Å². The highest BCUT2D eigenvalue weighted by Gasteiger charge is 2.46. The van der Waals surface area contributed by atoms with Crippen LogP contribution in [0.4, 0.5) is 0 Å². The van der Waals surface area contributed by atoms with Crippen LogP contribution in [-0.4, -0.2) is 59.0 Å². The molecule has 1 aromatic heterocycles. The van der Waals surface area contributed by atoms with E-state index in [1.54, 1.807) is 18.7 Å². The first-order valence-corrected chi connectivity index (χ1v) is 11.4. The molecule has 2 fully saturated rings. The van der Waals surface area contributed by atoms with Crippen molar-refractivity contribution >= 4 is 11.8 Å². The third kappa shape index (κ3) is 3.64. The van der Waals surface area contributed by atoms with Gasteiger partial charge in [-0.3, -0.25) is 14.4 Å². The van der Waals surface area contributed by atoms with Gasteiger partial charge in [0.25, 0.3) is 11.5 Å². The Bertz CT molecular complexity index is 1110. The number of rotatable bonds is 4. The molecule has 3 atom stereocenters. The Hall–Kier alpha value is -2.93.